The molecule has 130 valence electrons. The van der Waals surface area contributed by atoms with Gasteiger partial charge in [-0.3, -0.25) is 4.90 Å². The molecule has 0 radical (unpaired) electrons. The topological polar surface area (TPSA) is 44.8 Å². The van der Waals surface area contributed by atoms with Gasteiger partial charge in [0, 0.05) is 54.9 Å². The number of H-pyrrole nitrogens is 1. The van der Waals surface area contributed by atoms with Crippen LogP contribution in [0.15, 0.2) is 30.6 Å². The maximum Gasteiger partial charge on any atom is 0.451 e. The number of halogens is 3. The number of hydrogen-bond donors (Lipinski definition) is 1. The summed E-state index contributed by atoms with van der Waals surface area (Å²) < 4.78 is 38.2. The monoisotopic (exact) mass is 346 g/mol. The van der Waals surface area contributed by atoms with Gasteiger partial charge in [0.2, 0.25) is 5.82 Å². The van der Waals surface area contributed by atoms with Crippen molar-refractivity contribution in [1.82, 2.24) is 19.9 Å². The number of fused-ring (bicyclic) bond motifs is 2. The van der Waals surface area contributed by atoms with Gasteiger partial charge < -0.3 is 4.98 Å². The summed E-state index contributed by atoms with van der Waals surface area (Å²) in [6.45, 7) is 4.03. The summed E-state index contributed by atoms with van der Waals surface area (Å²) >= 11 is 0. The predicted molar refractivity (Wildman–Crippen MR) is 87.9 cm³/mol. The Balaban J connectivity index is 1.54. The van der Waals surface area contributed by atoms with Gasteiger partial charge in [-0.2, -0.15) is 13.2 Å². The van der Waals surface area contributed by atoms with E-state index in [1.807, 2.05) is 6.20 Å². The molecule has 4 nitrogen and oxygen atoms in total. The molecular formula is C18H17F3N4. The largest absolute Gasteiger partial charge is 0.451 e. The summed E-state index contributed by atoms with van der Waals surface area (Å²) in [6, 6.07) is 6.29. The van der Waals surface area contributed by atoms with E-state index in [4.69, 9.17) is 0 Å². The van der Waals surface area contributed by atoms with Gasteiger partial charge in [-0.25, -0.2) is 9.97 Å². The van der Waals surface area contributed by atoms with Crippen LogP contribution in [-0.2, 0) is 25.7 Å². The molecule has 25 heavy (non-hydrogen) atoms. The number of hydrogen-bond acceptors (Lipinski definition) is 3. The molecule has 0 atom stereocenters. The maximum absolute atomic E-state index is 12.7. The van der Waals surface area contributed by atoms with Gasteiger partial charge in [0.1, 0.15) is 0 Å². The highest BCUT2D eigenvalue weighted by molar-refractivity contribution is 5.83. The number of nitrogens with zero attached hydrogens (tertiary/aromatic N) is 3. The van der Waals surface area contributed by atoms with E-state index in [-0.39, 0.29) is 0 Å². The third kappa shape index (κ3) is 3.11. The van der Waals surface area contributed by atoms with Crippen molar-refractivity contribution in [2.45, 2.75) is 32.6 Å². The van der Waals surface area contributed by atoms with E-state index in [0.717, 1.165) is 17.6 Å². The molecule has 0 unspecified atom stereocenters. The van der Waals surface area contributed by atoms with Crippen LogP contribution >= 0.6 is 0 Å². The lowest BCUT2D eigenvalue weighted by atomic mass is 10.1. The zero-order valence-electron chi connectivity index (χ0n) is 13.7. The van der Waals surface area contributed by atoms with E-state index in [1.165, 1.54) is 22.7 Å². The van der Waals surface area contributed by atoms with Crippen LogP contribution in [0, 0.1) is 6.92 Å². The van der Waals surface area contributed by atoms with Gasteiger partial charge >= 0.3 is 6.18 Å². The van der Waals surface area contributed by atoms with Crippen LogP contribution in [0.5, 0.6) is 0 Å². The molecule has 3 aromatic rings. The zero-order chi connectivity index (χ0) is 17.6. The van der Waals surface area contributed by atoms with Crippen LogP contribution in [0.3, 0.4) is 0 Å². The first kappa shape index (κ1) is 16.1. The Morgan fingerprint density at radius 1 is 1.28 bits per heavy atom. The van der Waals surface area contributed by atoms with E-state index in [1.54, 1.807) is 0 Å². The van der Waals surface area contributed by atoms with Crippen molar-refractivity contribution in [3.05, 3.63) is 58.8 Å². The zero-order valence-corrected chi connectivity index (χ0v) is 13.7. The number of alkyl halides is 3. The molecule has 7 heteroatoms. The molecule has 0 aliphatic carbocycles. The molecule has 4 rings (SSSR count). The molecule has 1 N–H and O–H groups in total. The van der Waals surface area contributed by atoms with Gasteiger partial charge in [-0.05, 0) is 24.1 Å². The molecule has 0 saturated heterocycles. The first-order valence-electron chi connectivity index (χ1n) is 8.11. The Bertz CT molecular complexity index is 930. The van der Waals surface area contributed by atoms with Crippen molar-refractivity contribution in [1.29, 1.82) is 0 Å². The van der Waals surface area contributed by atoms with E-state index in [2.05, 4.69) is 45.0 Å². The lowest BCUT2D eigenvalue weighted by molar-refractivity contribution is -0.145. The SMILES string of the molecule is Cc1ccc2c(CN3CCc4nc(C(F)(F)F)ncc4C3)c[nH]c2c1. The fourth-order valence-corrected chi connectivity index (χ4v) is 3.32. The fourth-order valence-electron chi connectivity index (χ4n) is 3.32. The highest BCUT2D eigenvalue weighted by atomic mass is 19.4. The van der Waals surface area contributed by atoms with Crippen molar-refractivity contribution < 1.29 is 13.2 Å². The second-order valence-corrected chi connectivity index (χ2v) is 6.49. The number of rotatable bonds is 2. The maximum atomic E-state index is 12.7. The summed E-state index contributed by atoms with van der Waals surface area (Å²) in [5.74, 6) is -1.05. The van der Waals surface area contributed by atoms with E-state index >= 15 is 0 Å². The highest BCUT2D eigenvalue weighted by Gasteiger charge is 2.35. The van der Waals surface area contributed by atoms with Crippen molar-refractivity contribution in [3.63, 3.8) is 0 Å². The minimum atomic E-state index is -4.49. The third-order valence-electron chi connectivity index (χ3n) is 4.58. The van der Waals surface area contributed by atoms with Gasteiger partial charge in [0.15, 0.2) is 0 Å². The Labute approximate surface area is 142 Å². The molecule has 0 spiro atoms. The summed E-state index contributed by atoms with van der Waals surface area (Å²) in [5.41, 5.74) is 4.77. The Morgan fingerprint density at radius 2 is 2.12 bits per heavy atom. The Hall–Kier alpha value is -2.41. The number of benzene rings is 1. The average Bonchev–Trinajstić information content (AvgIpc) is 2.95. The second-order valence-electron chi connectivity index (χ2n) is 6.49. The fraction of sp³-hybridized carbons (Fsp3) is 0.333. The lowest BCUT2D eigenvalue weighted by Gasteiger charge is -2.28. The summed E-state index contributed by atoms with van der Waals surface area (Å²) in [4.78, 5) is 12.7. The molecule has 1 aliphatic heterocycles. The van der Waals surface area contributed by atoms with Crippen LogP contribution in [0.25, 0.3) is 10.9 Å². The van der Waals surface area contributed by atoms with Crippen LogP contribution in [0.2, 0.25) is 0 Å². The second kappa shape index (κ2) is 5.84. The van der Waals surface area contributed by atoms with Crippen LogP contribution in [-0.4, -0.2) is 26.4 Å². The molecular weight excluding hydrogens is 329 g/mol. The van der Waals surface area contributed by atoms with Gasteiger partial charge in [-0.1, -0.05) is 12.1 Å². The molecule has 3 heterocycles. The van der Waals surface area contributed by atoms with Crippen molar-refractivity contribution in [2.75, 3.05) is 6.54 Å². The Morgan fingerprint density at radius 3 is 2.92 bits per heavy atom. The van der Waals surface area contributed by atoms with Crippen molar-refractivity contribution in [2.24, 2.45) is 0 Å². The standard InChI is InChI=1S/C18H17F3N4/c1-11-2-3-14-12(7-22-16(14)6-11)9-25-5-4-15-13(10-25)8-23-17(24-15)18(19,20)21/h2-3,6-8,22H,4-5,9-10H2,1H3. The molecule has 0 saturated carbocycles. The van der Waals surface area contributed by atoms with E-state index in [9.17, 15) is 13.2 Å². The third-order valence-corrected chi connectivity index (χ3v) is 4.58. The molecule has 0 fully saturated rings. The normalized spacial score (nSPS) is 15.5. The van der Waals surface area contributed by atoms with E-state index in [0.29, 0.717) is 25.2 Å². The van der Waals surface area contributed by atoms with Gasteiger partial charge in [0.05, 0.1) is 5.69 Å². The quantitative estimate of drug-likeness (QED) is 0.767. The number of aromatic nitrogens is 3. The van der Waals surface area contributed by atoms with Crippen molar-refractivity contribution in [3.8, 4) is 0 Å². The van der Waals surface area contributed by atoms with Crippen molar-refractivity contribution >= 4 is 10.9 Å². The molecule has 2 aromatic heterocycles. The summed E-state index contributed by atoms with van der Waals surface area (Å²) in [5, 5.41) is 1.18. The lowest BCUT2D eigenvalue weighted by Crippen LogP contribution is -2.31. The molecule has 1 aliphatic rings. The van der Waals surface area contributed by atoms with Gasteiger partial charge in [-0.15, -0.1) is 0 Å². The molecule has 0 bridgehead atoms. The molecule has 0 amide bonds. The van der Waals surface area contributed by atoms with Crippen LogP contribution in [0.4, 0.5) is 13.2 Å². The van der Waals surface area contributed by atoms with Crippen LogP contribution in [0.1, 0.15) is 28.2 Å². The molecule has 1 aromatic carbocycles. The minimum Gasteiger partial charge on any atom is -0.361 e. The average molecular weight is 346 g/mol. The highest BCUT2D eigenvalue weighted by Crippen LogP contribution is 2.28. The van der Waals surface area contributed by atoms with Gasteiger partial charge in [0.25, 0.3) is 0 Å². The Kier molecular flexibility index (Phi) is 3.76. The number of nitrogens with one attached hydrogen (secondary N) is 1. The number of aryl methyl sites for hydroxylation is 1. The van der Waals surface area contributed by atoms with Crippen LogP contribution < -0.4 is 0 Å². The first-order chi connectivity index (χ1) is 11.9. The van der Waals surface area contributed by atoms with E-state index < -0.39 is 12.0 Å². The first-order valence-corrected chi connectivity index (χ1v) is 8.11. The predicted octanol–water partition coefficient (Wildman–Crippen LogP) is 3.84. The number of aromatic amines is 1. The minimum absolute atomic E-state index is 0.502. The summed E-state index contributed by atoms with van der Waals surface area (Å²) in [6.07, 6.45) is -0.671. The smallest absolute Gasteiger partial charge is 0.361 e. The summed E-state index contributed by atoms with van der Waals surface area (Å²) in [7, 11) is 0.